The van der Waals surface area contributed by atoms with Crippen LogP contribution in [0.5, 0.6) is 5.75 Å². The molecule has 0 radical (unpaired) electrons. The summed E-state index contributed by atoms with van der Waals surface area (Å²) in [6.07, 6.45) is 10.5. The van der Waals surface area contributed by atoms with E-state index in [4.69, 9.17) is 10.7 Å². The Hall–Kier alpha value is -5.17. The van der Waals surface area contributed by atoms with Crippen LogP contribution >= 0.6 is 0 Å². The van der Waals surface area contributed by atoms with E-state index in [-0.39, 0.29) is 11.3 Å². The average molecular weight is 602 g/mol. The second-order valence-corrected chi connectivity index (χ2v) is 10.8. The first-order valence-electron chi connectivity index (χ1n) is 15.4. The second kappa shape index (κ2) is 14.5. The number of benzene rings is 3. The SMILES string of the molecule is C=C/C=C(\N)C(N=Cc1ccc(O)cc1)(c1ccc2c(c1)c(-c1cccc(C)c1)cc(=O)n2CCCC)c1cncn1C.CC. The highest BCUT2D eigenvalue weighted by Crippen LogP contribution is 2.41. The number of phenols is 1. The number of pyridine rings is 1. The zero-order valence-corrected chi connectivity index (χ0v) is 26.9. The molecule has 3 aromatic carbocycles. The fourth-order valence-corrected chi connectivity index (χ4v) is 5.57. The third-order valence-electron chi connectivity index (χ3n) is 7.80. The lowest BCUT2D eigenvalue weighted by molar-refractivity contribution is 0.475. The standard InChI is InChI=1S/C36H37N5O2.C2H6/c1-5-7-18-41-32-17-14-28(20-31(32)30(21-35(41)43)27-11-8-10-25(3)19-27)36(33(37)9-6-2,34-23-38-24-40(34)4)39-22-26-12-15-29(42)16-13-26;1-2/h6,8-17,19-24,42H,2,5,7,18,37H2,1,3-4H3;1-2H3/b33-9-,39-22?;. The maximum absolute atomic E-state index is 13.5. The summed E-state index contributed by atoms with van der Waals surface area (Å²) in [5.41, 5.74) is 12.3. The molecule has 1 atom stereocenters. The molecule has 7 heteroatoms. The Kier molecular flexibility index (Phi) is 10.6. The Morgan fingerprint density at radius 2 is 1.84 bits per heavy atom. The predicted molar refractivity (Wildman–Crippen MR) is 187 cm³/mol. The van der Waals surface area contributed by atoms with Gasteiger partial charge in [0.2, 0.25) is 0 Å². The molecular formula is C38H43N5O2. The van der Waals surface area contributed by atoms with E-state index < -0.39 is 5.54 Å². The molecule has 45 heavy (non-hydrogen) atoms. The number of imidazole rings is 1. The highest BCUT2D eigenvalue weighted by atomic mass is 16.3. The fraction of sp³-hybridized carbons (Fsp3) is 0.237. The number of hydrogen-bond donors (Lipinski definition) is 2. The van der Waals surface area contributed by atoms with Crippen LogP contribution in [0.1, 0.15) is 56.0 Å². The van der Waals surface area contributed by atoms with Crippen molar-refractivity contribution in [3.63, 3.8) is 0 Å². The Balaban J connectivity index is 0.00000226. The maximum Gasteiger partial charge on any atom is 0.251 e. The van der Waals surface area contributed by atoms with Gasteiger partial charge in [-0.25, -0.2) is 4.98 Å². The zero-order chi connectivity index (χ0) is 32.6. The van der Waals surface area contributed by atoms with Gasteiger partial charge < -0.3 is 20.0 Å². The Bertz CT molecular complexity index is 1900. The van der Waals surface area contributed by atoms with Gasteiger partial charge >= 0.3 is 0 Å². The first kappa shape index (κ1) is 32.7. The highest BCUT2D eigenvalue weighted by Gasteiger charge is 2.39. The van der Waals surface area contributed by atoms with Gasteiger partial charge in [-0.1, -0.05) is 75.7 Å². The van der Waals surface area contributed by atoms with Crippen LogP contribution in [-0.4, -0.2) is 25.4 Å². The molecule has 7 nitrogen and oxygen atoms in total. The minimum atomic E-state index is -1.18. The van der Waals surface area contributed by atoms with Gasteiger partial charge in [0.15, 0.2) is 5.54 Å². The molecule has 1 unspecified atom stereocenters. The molecule has 232 valence electrons. The monoisotopic (exact) mass is 601 g/mol. The molecule has 0 bridgehead atoms. The number of rotatable bonds is 10. The summed E-state index contributed by atoms with van der Waals surface area (Å²) in [5, 5.41) is 10.7. The number of allylic oxidation sites excluding steroid dienone is 2. The van der Waals surface area contributed by atoms with Gasteiger partial charge in [-0.05, 0) is 78.1 Å². The number of nitrogens with zero attached hydrogens (tertiary/aromatic N) is 4. The zero-order valence-electron chi connectivity index (χ0n) is 26.9. The maximum atomic E-state index is 13.5. The molecule has 5 rings (SSSR count). The number of hydrogen-bond acceptors (Lipinski definition) is 5. The molecule has 3 N–H and O–H groups in total. The van der Waals surface area contributed by atoms with Crippen LogP contribution in [0.25, 0.3) is 22.0 Å². The summed E-state index contributed by atoms with van der Waals surface area (Å²) < 4.78 is 3.77. The van der Waals surface area contributed by atoms with Crippen molar-refractivity contribution in [2.45, 2.75) is 52.6 Å². The van der Waals surface area contributed by atoms with E-state index in [1.165, 1.54) is 0 Å². The van der Waals surface area contributed by atoms with E-state index in [0.717, 1.165) is 57.3 Å². The van der Waals surface area contributed by atoms with Crippen molar-refractivity contribution in [3.8, 4) is 16.9 Å². The summed E-state index contributed by atoms with van der Waals surface area (Å²) in [4.78, 5) is 23.1. The largest absolute Gasteiger partial charge is 0.508 e. The molecule has 5 aromatic rings. The smallest absolute Gasteiger partial charge is 0.251 e. The lowest BCUT2D eigenvalue weighted by atomic mass is 9.82. The molecule has 0 aliphatic carbocycles. The van der Waals surface area contributed by atoms with Gasteiger partial charge in [0.05, 0.1) is 23.7 Å². The second-order valence-electron chi connectivity index (χ2n) is 10.8. The van der Waals surface area contributed by atoms with Crippen LogP contribution < -0.4 is 11.3 Å². The van der Waals surface area contributed by atoms with Crippen LogP contribution in [0.3, 0.4) is 0 Å². The van der Waals surface area contributed by atoms with Crippen molar-refractivity contribution >= 4 is 17.1 Å². The van der Waals surface area contributed by atoms with Crippen molar-refractivity contribution in [2.24, 2.45) is 17.8 Å². The topological polar surface area (TPSA) is 98.4 Å². The van der Waals surface area contributed by atoms with Crippen LogP contribution in [0, 0.1) is 6.92 Å². The number of aliphatic imine (C=N–C) groups is 1. The number of aromatic nitrogens is 3. The highest BCUT2D eigenvalue weighted by molar-refractivity contribution is 5.95. The first-order valence-corrected chi connectivity index (χ1v) is 15.4. The van der Waals surface area contributed by atoms with Crippen LogP contribution in [0.2, 0.25) is 0 Å². The molecule has 2 aromatic heterocycles. The van der Waals surface area contributed by atoms with Gasteiger partial charge in [0, 0.05) is 37.0 Å². The number of nitrogens with two attached hydrogens (primary N) is 1. The van der Waals surface area contributed by atoms with Gasteiger partial charge in [-0.3, -0.25) is 9.79 Å². The molecule has 0 saturated heterocycles. The summed E-state index contributed by atoms with van der Waals surface area (Å²) in [7, 11) is 1.91. The molecule has 0 fully saturated rings. The summed E-state index contributed by atoms with van der Waals surface area (Å²) in [6.45, 7) is 12.7. The Morgan fingerprint density at radius 3 is 2.49 bits per heavy atom. The predicted octanol–water partition coefficient (Wildman–Crippen LogP) is 7.63. The third kappa shape index (κ3) is 6.68. The van der Waals surface area contributed by atoms with Crippen molar-refractivity contribution < 1.29 is 5.11 Å². The molecule has 2 heterocycles. The van der Waals surface area contributed by atoms with Crippen LogP contribution in [0.15, 0.2) is 120 Å². The average Bonchev–Trinajstić information content (AvgIpc) is 3.48. The van der Waals surface area contributed by atoms with Crippen molar-refractivity contribution in [3.05, 3.63) is 142 Å². The normalized spacial score (nSPS) is 13.0. The summed E-state index contributed by atoms with van der Waals surface area (Å²) >= 11 is 0. The van der Waals surface area contributed by atoms with Crippen LogP contribution in [-0.2, 0) is 19.1 Å². The number of aromatic hydroxyl groups is 1. The Labute approximate surface area is 265 Å². The van der Waals surface area contributed by atoms with Gasteiger partial charge in [0.1, 0.15) is 5.75 Å². The molecule has 0 amide bonds. The summed E-state index contributed by atoms with van der Waals surface area (Å²) in [5.74, 6) is 0.174. The molecule has 0 aliphatic rings. The van der Waals surface area contributed by atoms with Crippen LogP contribution in [0.4, 0.5) is 0 Å². The quantitative estimate of drug-likeness (QED) is 0.127. The minimum Gasteiger partial charge on any atom is -0.508 e. The molecular weight excluding hydrogens is 558 g/mol. The van der Waals surface area contributed by atoms with E-state index in [9.17, 15) is 9.90 Å². The number of unbranched alkanes of at least 4 members (excludes halogenated alkanes) is 1. The number of phenolic OH excluding ortho intramolecular Hbond substituents is 1. The molecule has 0 saturated carbocycles. The first-order chi connectivity index (χ1) is 21.8. The summed E-state index contributed by atoms with van der Waals surface area (Å²) in [6, 6.07) is 22.9. The number of fused-ring (bicyclic) bond motifs is 1. The fourth-order valence-electron chi connectivity index (χ4n) is 5.57. The van der Waals surface area contributed by atoms with Crippen molar-refractivity contribution in [2.75, 3.05) is 0 Å². The van der Waals surface area contributed by atoms with Gasteiger partial charge in [-0.15, -0.1) is 0 Å². The van der Waals surface area contributed by atoms with E-state index in [2.05, 4.69) is 30.6 Å². The van der Waals surface area contributed by atoms with E-state index >= 15 is 0 Å². The minimum absolute atomic E-state index is 0.0282. The van der Waals surface area contributed by atoms with Crippen molar-refractivity contribution in [1.29, 1.82) is 0 Å². The van der Waals surface area contributed by atoms with E-state index in [0.29, 0.717) is 12.2 Å². The van der Waals surface area contributed by atoms with E-state index in [1.807, 2.05) is 67.3 Å². The lowest BCUT2D eigenvalue weighted by Gasteiger charge is -2.32. The molecule has 0 spiro atoms. The Morgan fingerprint density at radius 1 is 1.09 bits per heavy atom. The lowest BCUT2D eigenvalue weighted by Crippen LogP contribution is -2.35. The number of aryl methyl sites for hydroxylation is 3. The van der Waals surface area contributed by atoms with Gasteiger partial charge in [0.25, 0.3) is 5.56 Å². The van der Waals surface area contributed by atoms with Crippen molar-refractivity contribution in [1.82, 2.24) is 14.1 Å². The molecule has 0 aliphatic heterocycles. The van der Waals surface area contributed by atoms with E-state index in [1.54, 1.807) is 61.2 Å². The van der Waals surface area contributed by atoms with Gasteiger partial charge in [-0.2, -0.15) is 0 Å². The third-order valence-corrected chi connectivity index (χ3v) is 7.80.